The van der Waals surface area contributed by atoms with E-state index >= 15 is 0 Å². The first-order valence-electron chi connectivity index (χ1n) is 5.55. The largest absolute Gasteiger partial charge is 0.229 e. The fraction of sp³-hybridized carbons (Fsp3) is 1.00. The van der Waals surface area contributed by atoms with Crippen LogP contribution >= 0.6 is 15.9 Å². The SMILES string of the molecule is CC(C)CCS(=O)(=O)CC(CBr)C(C)C. The maximum Gasteiger partial charge on any atom is 0.150 e. The van der Waals surface area contributed by atoms with E-state index in [0.29, 0.717) is 23.3 Å². The van der Waals surface area contributed by atoms with Gasteiger partial charge in [0.1, 0.15) is 0 Å². The van der Waals surface area contributed by atoms with Crippen LogP contribution in [0, 0.1) is 17.8 Å². The lowest BCUT2D eigenvalue weighted by atomic mass is 10.0. The molecule has 0 fully saturated rings. The highest BCUT2D eigenvalue weighted by Crippen LogP contribution is 2.17. The zero-order chi connectivity index (χ0) is 12.1. The highest BCUT2D eigenvalue weighted by molar-refractivity contribution is 9.09. The number of hydrogen-bond acceptors (Lipinski definition) is 2. The number of rotatable bonds is 7. The van der Waals surface area contributed by atoms with Gasteiger partial charge < -0.3 is 0 Å². The molecule has 2 nitrogen and oxygen atoms in total. The van der Waals surface area contributed by atoms with Gasteiger partial charge in [-0.15, -0.1) is 0 Å². The second kappa shape index (κ2) is 6.89. The first kappa shape index (κ1) is 15.4. The van der Waals surface area contributed by atoms with Crippen LogP contribution in [0.4, 0.5) is 0 Å². The maximum absolute atomic E-state index is 11.8. The van der Waals surface area contributed by atoms with Gasteiger partial charge in [-0.05, 0) is 24.2 Å². The molecule has 0 N–H and O–H groups in total. The van der Waals surface area contributed by atoms with Crippen molar-refractivity contribution in [3.8, 4) is 0 Å². The van der Waals surface area contributed by atoms with Crippen molar-refractivity contribution in [1.29, 1.82) is 0 Å². The van der Waals surface area contributed by atoms with E-state index in [-0.39, 0.29) is 5.92 Å². The summed E-state index contributed by atoms with van der Waals surface area (Å²) in [6.07, 6.45) is 0.773. The average Bonchev–Trinajstić information content (AvgIpc) is 2.11. The van der Waals surface area contributed by atoms with Crippen molar-refractivity contribution in [1.82, 2.24) is 0 Å². The van der Waals surface area contributed by atoms with Gasteiger partial charge in [0.25, 0.3) is 0 Å². The minimum atomic E-state index is -2.86. The molecule has 0 rings (SSSR count). The van der Waals surface area contributed by atoms with Crippen molar-refractivity contribution in [2.45, 2.75) is 34.1 Å². The standard InChI is InChI=1S/C11H23BrO2S/c1-9(2)5-6-15(13,14)8-11(7-12)10(3)4/h9-11H,5-8H2,1-4H3. The molecule has 0 saturated heterocycles. The maximum atomic E-state index is 11.8. The Morgan fingerprint density at radius 2 is 1.67 bits per heavy atom. The molecule has 1 unspecified atom stereocenters. The Bertz CT molecular complexity index is 258. The van der Waals surface area contributed by atoms with Crippen LogP contribution in [0.15, 0.2) is 0 Å². The predicted molar refractivity (Wildman–Crippen MR) is 70.2 cm³/mol. The lowest BCUT2D eigenvalue weighted by molar-refractivity contribution is 0.460. The van der Waals surface area contributed by atoms with Crippen LogP contribution in [0.3, 0.4) is 0 Å². The quantitative estimate of drug-likeness (QED) is 0.677. The number of halogens is 1. The molecule has 0 aliphatic carbocycles. The molecule has 0 amide bonds. The van der Waals surface area contributed by atoms with Crippen LogP contribution in [0.25, 0.3) is 0 Å². The van der Waals surface area contributed by atoms with Crippen molar-refractivity contribution in [3.63, 3.8) is 0 Å². The van der Waals surface area contributed by atoms with Crippen molar-refractivity contribution in [2.75, 3.05) is 16.8 Å². The van der Waals surface area contributed by atoms with Gasteiger partial charge in [0.15, 0.2) is 9.84 Å². The highest BCUT2D eigenvalue weighted by Gasteiger charge is 2.21. The lowest BCUT2D eigenvalue weighted by Crippen LogP contribution is -2.24. The molecule has 0 spiro atoms. The first-order chi connectivity index (χ1) is 6.78. The third-order valence-electron chi connectivity index (χ3n) is 2.62. The molecule has 1 atom stereocenters. The minimum Gasteiger partial charge on any atom is -0.229 e. The number of alkyl halides is 1. The summed E-state index contributed by atoms with van der Waals surface area (Å²) < 4.78 is 23.6. The highest BCUT2D eigenvalue weighted by atomic mass is 79.9. The Labute approximate surface area is 103 Å². The average molecular weight is 299 g/mol. The molecule has 0 aliphatic rings. The van der Waals surface area contributed by atoms with Crippen molar-refractivity contribution in [3.05, 3.63) is 0 Å². The monoisotopic (exact) mass is 298 g/mol. The van der Waals surface area contributed by atoms with E-state index in [1.165, 1.54) is 0 Å². The van der Waals surface area contributed by atoms with Gasteiger partial charge in [-0.25, -0.2) is 8.42 Å². The summed E-state index contributed by atoms with van der Waals surface area (Å²) in [7, 11) is -2.86. The van der Waals surface area contributed by atoms with Gasteiger partial charge in [-0.3, -0.25) is 0 Å². The van der Waals surface area contributed by atoms with E-state index in [9.17, 15) is 8.42 Å². The Morgan fingerprint density at radius 1 is 1.13 bits per heavy atom. The third kappa shape index (κ3) is 7.34. The minimum absolute atomic E-state index is 0.238. The van der Waals surface area contributed by atoms with Crippen LogP contribution in [-0.2, 0) is 9.84 Å². The summed E-state index contributed by atoms with van der Waals surface area (Å²) in [6.45, 7) is 8.26. The normalized spacial score (nSPS) is 14.9. The van der Waals surface area contributed by atoms with Crippen LogP contribution in [-0.4, -0.2) is 25.3 Å². The molecule has 0 bridgehead atoms. The smallest absolute Gasteiger partial charge is 0.150 e. The summed E-state index contributed by atoms with van der Waals surface area (Å²) in [4.78, 5) is 0. The van der Waals surface area contributed by atoms with E-state index in [2.05, 4.69) is 43.6 Å². The van der Waals surface area contributed by atoms with E-state index in [1.807, 2.05) is 0 Å². The second-order valence-corrected chi connectivity index (χ2v) is 7.83. The van der Waals surface area contributed by atoms with Crippen LogP contribution in [0.1, 0.15) is 34.1 Å². The number of sulfone groups is 1. The van der Waals surface area contributed by atoms with E-state index < -0.39 is 9.84 Å². The third-order valence-corrected chi connectivity index (χ3v) is 5.24. The van der Waals surface area contributed by atoms with Gasteiger partial charge in [0, 0.05) is 5.33 Å². The fourth-order valence-corrected chi connectivity index (χ4v) is 4.67. The van der Waals surface area contributed by atoms with Crippen LogP contribution < -0.4 is 0 Å². The summed E-state index contributed by atoms with van der Waals surface area (Å²) in [5, 5.41) is 0.769. The van der Waals surface area contributed by atoms with Crippen molar-refractivity contribution in [2.24, 2.45) is 17.8 Å². The zero-order valence-electron chi connectivity index (χ0n) is 10.2. The predicted octanol–water partition coefficient (Wildman–Crippen LogP) is 3.11. The molecular formula is C11H23BrO2S. The van der Waals surface area contributed by atoms with E-state index in [0.717, 1.165) is 11.8 Å². The molecule has 15 heavy (non-hydrogen) atoms. The molecule has 0 aromatic heterocycles. The molecular weight excluding hydrogens is 276 g/mol. The molecule has 92 valence electrons. The second-order valence-electron chi connectivity index (χ2n) is 4.96. The van der Waals surface area contributed by atoms with Gasteiger partial charge >= 0.3 is 0 Å². The van der Waals surface area contributed by atoms with E-state index in [4.69, 9.17) is 0 Å². The van der Waals surface area contributed by atoms with Gasteiger partial charge in [0.05, 0.1) is 11.5 Å². The van der Waals surface area contributed by atoms with Crippen LogP contribution in [0.5, 0.6) is 0 Å². The number of hydrogen-bond donors (Lipinski definition) is 0. The molecule has 0 aliphatic heterocycles. The Morgan fingerprint density at radius 3 is 2.00 bits per heavy atom. The molecule has 0 heterocycles. The molecule has 4 heteroatoms. The van der Waals surface area contributed by atoms with Gasteiger partial charge in [-0.2, -0.15) is 0 Å². The van der Waals surface area contributed by atoms with Gasteiger partial charge in [-0.1, -0.05) is 43.6 Å². The van der Waals surface area contributed by atoms with E-state index in [1.54, 1.807) is 0 Å². The Kier molecular flexibility index (Phi) is 7.09. The van der Waals surface area contributed by atoms with Crippen molar-refractivity contribution < 1.29 is 8.42 Å². The van der Waals surface area contributed by atoms with Crippen LogP contribution in [0.2, 0.25) is 0 Å². The summed E-state index contributed by atoms with van der Waals surface area (Å²) in [6, 6.07) is 0. The lowest BCUT2D eigenvalue weighted by Gasteiger charge is -2.18. The fourth-order valence-electron chi connectivity index (χ4n) is 1.24. The summed E-state index contributed by atoms with van der Waals surface area (Å²) >= 11 is 3.38. The van der Waals surface area contributed by atoms with Crippen molar-refractivity contribution >= 4 is 25.8 Å². The molecule has 0 aromatic rings. The Balaban J connectivity index is 4.23. The molecule has 0 saturated carbocycles. The molecule has 0 aromatic carbocycles. The first-order valence-corrected chi connectivity index (χ1v) is 8.49. The zero-order valence-corrected chi connectivity index (χ0v) is 12.6. The molecule has 0 radical (unpaired) electrons. The Hall–Kier alpha value is 0.430. The van der Waals surface area contributed by atoms with Gasteiger partial charge in [0.2, 0.25) is 0 Å². The summed E-state index contributed by atoms with van der Waals surface area (Å²) in [5.74, 6) is 1.77. The topological polar surface area (TPSA) is 34.1 Å². The summed E-state index contributed by atoms with van der Waals surface area (Å²) in [5.41, 5.74) is 0.